The molecule has 7 aromatic rings. The van der Waals surface area contributed by atoms with E-state index in [-0.39, 0.29) is 0 Å². The van der Waals surface area contributed by atoms with Gasteiger partial charge in [0, 0.05) is 21.2 Å². The van der Waals surface area contributed by atoms with Crippen molar-refractivity contribution in [3.8, 4) is 22.3 Å². The molecule has 0 heterocycles. The third kappa shape index (κ3) is 3.30. The van der Waals surface area contributed by atoms with Crippen molar-refractivity contribution in [1.82, 2.24) is 0 Å². The first-order valence-electron chi connectivity index (χ1n) is 12.0. The van der Waals surface area contributed by atoms with Crippen molar-refractivity contribution < 1.29 is 0 Å². The topological polar surface area (TPSA) is 0 Å². The molecule has 7 rings (SSSR count). The first-order chi connectivity index (χ1) is 17.7. The van der Waals surface area contributed by atoms with Crippen LogP contribution in [0.3, 0.4) is 0 Å². The number of fused-ring (bicyclic) bond motifs is 6. The maximum absolute atomic E-state index is 7.05. The normalized spacial score (nSPS) is 11.6. The predicted molar refractivity (Wildman–Crippen MR) is 157 cm³/mol. The first kappa shape index (κ1) is 21.4. The van der Waals surface area contributed by atoms with Crippen molar-refractivity contribution in [1.29, 1.82) is 0 Å². The van der Waals surface area contributed by atoms with Crippen LogP contribution in [0.4, 0.5) is 0 Å². The lowest BCUT2D eigenvalue weighted by Gasteiger charge is -2.16. The fourth-order valence-corrected chi connectivity index (χ4v) is 6.04. The van der Waals surface area contributed by atoms with Gasteiger partial charge in [0.1, 0.15) is 0 Å². The monoisotopic (exact) mass is 498 g/mol. The molecule has 0 nitrogen and oxygen atoms in total. The molecule has 0 aliphatic heterocycles. The van der Waals surface area contributed by atoms with E-state index in [9.17, 15) is 0 Å². The Balaban J connectivity index is 1.50. The van der Waals surface area contributed by atoms with Gasteiger partial charge in [0.15, 0.2) is 0 Å². The summed E-state index contributed by atoms with van der Waals surface area (Å²) < 4.78 is 0. The summed E-state index contributed by atoms with van der Waals surface area (Å²) in [6.45, 7) is 0. The van der Waals surface area contributed by atoms with Gasteiger partial charge in [0.2, 0.25) is 0 Å². The molecule has 0 aromatic heterocycles. The maximum atomic E-state index is 7.05. The van der Waals surface area contributed by atoms with Crippen molar-refractivity contribution in [2.24, 2.45) is 0 Å². The lowest BCUT2D eigenvalue weighted by Crippen LogP contribution is -1.89. The van der Waals surface area contributed by atoms with Gasteiger partial charge in [-0.1, -0.05) is 120 Å². The van der Waals surface area contributed by atoms with Crippen LogP contribution in [-0.4, -0.2) is 0 Å². The molecule has 0 saturated carbocycles. The molecule has 0 unspecified atom stereocenters. The molecule has 0 spiro atoms. The van der Waals surface area contributed by atoms with E-state index < -0.39 is 0 Å². The molecule has 0 radical (unpaired) electrons. The molecule has 0 aliphatic rings. The van der Waals surface area contributed by atoms with E-state index in [2.05, 4.69) is 109 Å². The summed E-state index contributed by atoms with van der Waals surface area (Å²) in [6.07, 6.45) is 0. The summed E-state index contributed by atoms with van der Waals surface area (Å²) in [6, 6.07) is 42.4. The van der Waals surface area contributed by atoms with Gasteiger partial charge in [-0.15, -0.1) is 0 Å². The third-order valence-electron chi connectivity index (χ3n) is 7.17. The Morgan fingerprint density at radius 2 is 0.639 bits per heavy atom. The van der Waals surface area contributed by atoms with E-state index in [0.29, 0.717) is 10.0 Å². The first-order valence-corrected chi connectivity index (χ1v) is 12.8. The minimum atomic E-state index is 0.687. The number of halogens is 2. The minimum Gasteiger partial charge on any atom is -0.0836 e. The summed E-state index contributed by atoms with van der Waals surface area (Å²) in [5, 5.41) is 11.0. The molecular formula is C34H20Cl2. The Kier molecular flexibility index (Phi) is 4.99. The van der Waals surface area contributed by atoms with Crippen LogP contribution in [0.15, 0.2) is 121 Å². The summed E-state index contributed by atoms with van der Waals surface area (Å²) in [5.74, 6) is 0. The molecule has 0 amide bonds. The van der Waals surface area contributed by atoms with E-state index in [4.69, 9.17) is 23.2 Å². The zero-order chi connectivity index (χ0) is 24.2. The van der Waals surface area contributed by atoms with Gasteiger partial charge in [-0.2, -0.15) is 0 Å². The summed E-state index contributed by atoms with van der Waals surface area (Å²) in [7, 11) is 0. The van der Waals surface area contributed by atoms with Gasteiger partial charge in [-0.3, -0.25) is 0 Å². The van der Waals surface area contributed by atoms with E-state index >= 15 is 0 Å². The minimum absolute atomic E-state index is 0.687. The van der Waals surface area contributed by atoms with Crippen LogP contribution in [0.25, 0.3) is 65.3 Å². The predicted octanol–water partition coefficient (Wildman–Crippen LogP) is 10.9. The molecule has 0 N–H and O–H groups in total. The van der Waals surface area contributed by atoms with Crippen LogP contribution in [0.2, 0.25) is 10.0 Å². The van der Waals surface area contributed by atoms with Crippen molar-refractivity contribution >= 4 is 66.3 Å². The largest absolute Gasteiger partial charge is 0.0836 e. The second-order valence-electron chi connectivity index (χ2n) is 9.19. The van der Waals surface area contributed by atoms with Gasteiger partial charge >= 0.3 is 0 Å². The van der Waals surface area contributed by atoms with Gasteiger partial charge in [-0.05, 0) is 78.5 Å². The fourth-order valence-electron chi connectivity index (χ4n) is 5.51. The van der Waals surface area contributed by atoms with E-state index in [1.54, 1.807) is 0 Å². The van der Waals surface area contributed by atoms with Gasteiger partial charge < -0.3 is 0 Å². The number of benzene rings is 7. The van der Waals surface area contributed by atoms with Crippen LogP contribution >= 0.6 is 23.2 Å². The Morgan fingerprint density at radius 3 is 1.06 bits per heavy atom. The summed E-state index contributed by atoms with van der Waals surface area (Å²) in [4.78, 5) is 0. The highest BCUT2D eigenvalue weighted by Gasteiger charge is 2.17. The van der Waals surface area contributed by atoms with Crippen molar-refractivity contribution in [3.05, 3.63) is 131 Å². The molecule has 0 atom stereocenters. The van der Waals surface area contributed by atoms with Crippen LogP contribution < -0.4 is 0 Å². The Bertz CT molecular complexity index is 1820. The number of hydrogen-bond acceptors (Lipinski definition) is 0. The molecule has 0 saturated heterocycles. The van der Waals surface area contributed by atoms with Crippen molar-refractivity contribution in [3.63, 3.8) is 0 Å². The van der Waals surface area contributed by atoms with Crippen LogP contribution in [0, 0.1) is 0 Å². The number of hydrogen-bond donors (Lipinski definition) is 0. The average Bonchev–Trinajstić information content (AvgIpc) is 2.93. The highest BCUT2D eigenvalue weighted by atomic mass is 35.5. The van der Waals surface area contributed by atoms with Crippen molar-refractivity contribution in [2.75, 3.05) is 0 Å². The SMILES string of the molecule is Clc1cc(-c2cc3ccccc3c3ccccc23)c(Cl)cc1-c1cc2ccccc2c2ccccc12. The van der Waals surface area contributed by atoms with E-state index in [0.717, 1.165) is 33.0 Å². The van der Waals surface area contributed by atoms with Gasteiger partial charge in [0.25, 0.3) is 0 Å². The van der Waals surface area contributed by atoms with E-state index in [1.165, 1.54) is 32.3 Å². The van der Waals surface area contributed by atoms with Gasteiger partial charge in [-0.25, -0.2) is 0 Å². The number of rotatable bonds is 2. The summed E-state index contributed by atoms with van der Waals surface area (Å²) in [5.41, 5.74) is 4.06. The lowest BCUT2D eigenvalue weighted by atomic mass is 9.90. The molecule has 0 bridgehead atoms. The highest BCUT2D eigenvalue weighted by molar-refractivity contribution is 6.38. The molecule has 2 heteroatoms. The van der Waals surface area contributed by atoms with E-state index in [1.807, 2.05) is 12.1 Å². The zero-order valence-corrected chi connectivity index (χ0v) is 20.8. The maximum Gasteiger partial charge on any atom is 0.0491 e. The molecule has 7 aromatic carbocycles. The smallest absolute Gasteiger partial charge is 0.0491 e. The summed E-state index contributed by atoms with van der Waals surface area (Å²) >= 11 is 14.1. The standard InChI is InChI=1S/C34H20Cl2/c35-33-20-32(30-18-22-10-2-4-12-24(22)26-14-6-8-16-28(26)30)34(36)19-31(33)29-17-21-9-1-3-11-23(21)25-13-5-7-15-27(25)29/h1-20H. The Labute approximate surface area is 219 Å². The molecule has 36 heavy (non-hydrogen) atoms. The van der Waals surface area contributed by atoms with Gasteiger partial charge in [0.05, 0.1) is 0 Å². The fraction of sp³-hybridized carbons (Fsp3) is 0. The molecule has 0 aliphatic carbocycles. The van der Waals surface area contributed by atoms with Crippen LogP contribution in [-0.2, 0) is 0 Å². The Morgan fingerprint density at radius 1 is 0.306 bits per heavy atom. The Hall–Kier alpha value is -3.84. The highest BCUT2D eigenvalue weighted by Crippen LogP contribution is 2.44. The lowest BCUT2D eigenvalue weighted by molar-refractivity contribution is 1.64. The second-order valence-corrected chi connectivity index (χ2v) is 10.0. The molecular weight excluding hydrogens is 479 g/mol. The van der Waals surface area contributed by atoms with Crippen LogP contribution in [0.1, 0.15) is 0 Å². The average molecular weight is 499 g/mol. The molecule has 0 fully saturated rings. The quantitative estimate of drug-likeness (QED) is 0.208. The molecule has 170 valence electrons. The van der Waals surface area contributed by atoms with Crippen LogP contribution in [0.5, 0.6) is 0 Å². The second kappa shape index (κ2) is 8.38. The third-order valence-corrected chi connectivity index (χ3v) is 7.80. The zero-order valence-electron chi connectivity index (χ0n) is 19.3. The van der Waals surface area contributed by atoms with Crippen molar-refractivity contribution in [2.45, 2.75) is 0 Å².